The first-order valence-electron chi connectivity index (χ1n) is 6.93. The summed E-state index contributed by atoms with van der Waals surface area (Å²) in [5.74, 6) is 0. The first kappa shape index (κ1) is 14.5. The molecule has 2 aromatic rings. The molecule has 1 N–H and O–H groups in total. The van der Waals surface area contributed by atoms with Gasteiger partial charge in [0.15, 0.2) is 0 Å². The minimum Gasteiger partial charge on any atom is -0.370 e. The van der Waals surface area contributed by atoms with E-state index in [4.69, 9.17) is 0 Å². The lowest BCUT2D eigenvalue weighted by Gasteiger charge is -2.20. The summed E-state index contributed by atoms with van der Waals surface area (Å²) >= 11 is 0. The van der Waals surface area contributed by atoms with Gasteiger partial charge in [-0.1, -0.05) is 13.8 Å². The van der Waals surface area contributed by atoms with Crippen LogP contribution < -0.4 is 10.2 Å². The molecule has 2 heterocycles. The lowest BCUT2D eigenvalue weighted by atomic mass is 10.2. The highest BCUT2D eigenvalue weighted by molar-refractivity contribution is 5.46. The summed E-state index contributed by atoms with van der Waals surface area (Å²) in [6, 6.07) is 8.73. The van der Waals surface area contributed by atoms with Crippen molar-refractivity contribution in [2.24, 2.45) is 0 Å². The predicted octanol–water partition coefficient (Wildman–Crippen LogP) is 2.61. The quantitative estimate of drug-likeness (QED) is 0.876. The van der Waals surface area contributed by atoms with Crippen molar-refractivity contribution in [2.75, 3.05) is 11.9 Å². The highest BCUT2D eigenvalue weighted by Crippen LogP contribution is 2.15. The molecule has 4 heteroatoms. The van der Waals surface area contributed by atoms with Gasteiger partial charge < -0.3 is 10.2 Å². The molecule has 0 radical (unpaired) electrons. The molecular formula is C16H22N4. The van der Waals surface area contributed by atoms with Crippen molar-refractivity contribution in [3.8, 4) is 0 Å². The Balaban J connectivity index is 2.02. The number of hydrogen-bond donors (Lipinski definition) is 1. The number of anilines is 1. The lowest BCUT2D eigenvalue weighted by molar-refractivity contribution is 0.581. The van der Waals surface area contributed by atoms with Crippen molar-refractivity contribution in [3.63, 3.8) is 0 Å². The fourth-order valence-electron chi connectivity index (χ4n) is 1.96. The first-order valence-corrected chi connectivity index (χ1v) is 6.93. The van der Waals surface area contributed by atoms with Gasteiger partial charge in [-0.2, -0.15) is 0 Å². The van der Waals surface area contributed by atoms with Crippen LogP contribution in [-0.4, -0.2) is 23.1 Å². The van der Waals surface area contributed by atoms with Gasteiger partial charge >= 0.3 is 0 Å². The molecule has 2 aromatic heterocycles. The van der Waals surface area contributed by atoms with Crippen LogP contribution in [0.4, 0.5) is 5.69 Å². The summed E-state index contributed by atoms with van der Waals surface area (Å²) in [7, 11) is 2.09. The Hall–Kier alpha value is -1.94. The Morgan fingerprint density at radius 1 is 1.15 bits per heavy atom. The number of nitrogens with zero attached hydrogens (tertiary/aromatic N) is 3. The van der Waals surface area contributed by atoms with E-state index in [1.807, 2.05) is 36.8 Å². The Morgan fingerprint density at radius 2 is 1.90 bits per heavy atom. The highest BCUT2D eigenvalue weighted by atomic mass is 15.1. The van der Waals surface area contributed by atoms with Crippen LogP contribution in [0.15, 0.2) is 42.9 Å². The molecule has 4 nitrogen and oxygen atoms in total. The number of hydrogen-bond acceptors (Lipinski definition) is 4. The molecule has 0 bridgehead atoms. The molecule has 106 valence electrons. The van der Waals surface area contributed by atoms with Crippen LogP contribution in [0, 0.1) is 0 Å². The molecule has 0 spiro atoms. The summed E-state index contributed by atoms with van der Waals surface area (Å²) < 4.78 is 0. The van der Waals surface area contributed by atoms with E-state index in [2.05, 4.69) is 47.1 Å². The van der Waals surface area contributed by atoms with Crippen molar-refractivity contribution in [2.45, 2.75) is 33.0 Å². The third-order valence-electron chi connectivity index (χ3n) is 3.10. The van der Waals surface area contributed by atoms with E-state index in [0.29, 0.717) is 6.04 Å². The van der Waals surface area contributed by atoms with Gasteiger partial charge in [-0.05, 0) is 29.8 Å². The van der Waals surface area contributed by atoms with E-state index in [-0.39, 0.29) is 0 Å². The summed E-state index contributed by atoms with van der Waals surface area (Å²) in [4.78, 5) is 10.7. The number of rotatable bonds is 6. The number of pyridine rings is 2. The van der Waals surface area contributed by atoms with E-state index in [9.17, 15) is 0 Å². The molecule has 0 aromatic carbocycles. The minimum absolute atomic E-state index is 0.468. The van der Waals surface area contributed by atoms with Crippen LogP contribution >= 0.6 is 0 Å². The largest absolute Gasteiger partial charge is 0.370 e. The van der Waals surface area contributed by atoms with Gasteiger partial charge in [-0.3, -0.25) is 9.97 Å². The van der Waals surface area contributed by atoms with E-state index >= 15 is 0 Å². The standard InChI is InChI=1S/C16H22N4/c1-13(2)19-11-15-10-16(6-9-18-15)20(3)12-14-4-7-17-8-5-14/h4-10,13,19H,11-12H2,1-3H3. The molecule has 0 unspecified atom stereocenters. The zero-order valence-electron chi connectivity index (χ0n) is 12.4. The Kier molecular flexibility index (Phi) is 5.07. The molecule has 0 saturated carbocycles. The maximum Gasteiger partial charge on any atom is 0.0562 e. The molecule has 0 amide bonds. The smallest absolute Gasteiger partial charge is 0.0562 e. The van der Waals surface area contributed by atoms with E-state index in [0.717, 1.165) is 18.8 Å². The van der Waals surface area contributed by atoms with Crippen LogP contribution in [0.5, 0.6) is 0 Å². The Labute approximate surface area is 120 Å². The molecule has 0 aliphatic rings. The molecule has 2 rings (SSSR count). The highest BCUT2D eigenvalue weighted by Gasteiger charge is 2.04. The molecular weight excluding hydrogens is 248 g/mol. The third kappa shape index (κ3) is 4.31. The van der Waals surface area contributed by atoms with Gasteiger partial charge in [-0.15, -0.1) is 0 Å². The molecule has 0 fully saturated rings. The van der Waals surface area contributed by atoms with Crippen LogP contribution in [0.3, 0.4) is 0 Å². The van der Waals surface area contributed by atoms with Crippen molar-refractivity contribution in [3.05, 3.63) is 54.1 Å². The lowest BCUT2D eigenvalue weighted by Crippen LogP contribution is -2.23. The molecule has 0 atom stereocenters. The molecule has 20 heavy (non-hydrogen) atoms. The van der Waals surface area contributed by atoms with Gasteiger partial charge in [0.1, 0.15) is 0 Å². The van der Waals surface area contributed by atoms with Gasteiger partial charge in [0.25, 0.3) is 0 Å². The minimum atomic E-state index is 0.468. The van der Waals surface area contributed by atoms with Crippen molar-refractivity contribution in [1.82, 2.24) is 15.3 Å². The van der Waals surface area contributed by atoms with E-state index in [1.165, 1.54) is 11.3 Å². The fraction of sp³-hybridized carbons (Fsp3) is 0.375. The summed E-state index contributed by atoms with van der Waals surface area (Å²) in [5.41, 5.74) is 3.50. The maximum atomic E-state index is 4.40. The first-order chi connectivity index (χ1) is 9.65. The van der Waals surface area contributed by atoms with Gasteiger partial charge in [0, 0.05) is 50.5 Å². The van der Waals surface area contributed by atoms with Gasteiger partial charge in [-0.25, -0.2) is 0 Å². The summed E-state index contributed by atoms with van der Waals surface area (Å²) in [6.45, 7) is 5.94. The predicted molar refractivity (Wildman–Crippen MR) is 82.6 cm³/mol. The second-order valence-electron chi connectivity index (χ2n) is 5.25. The normalized spacial score (nSPS) is 10.8. The maximum absolute atomic E-state index is 4.40. The van der Waals surface area contributed by atoms with Crippen LogP contribution in [-0.2, 0) is 13.1 Å². The summed E-state index contributed by atoms with van der Waals surface area (Å²) in [5, 5.41) is 3.39. The summed E-state index contributed by atoms with van der Waals surface area (Å²) in [6.07, 6.45) is 5.52. The van der Waals surface area contributed by atoms with Crippen molar-refractivity contribution in [1.29, 1.82) is 0 Å². The zero-order chi connectivity index (χ0) is 14.4. The van der Waals surface area contributed by atoms with Crippen molar-refractivity contribution < 1.29 is 0 Å². The third-order valence-corrected chi connectivity index (χ3v) is 3.10. The Bertz CT molecular complexity index is 525. The SMILES string of the molecule is CC(C)NCc1cc(N(C)Cc2ccncc2)ccn1. The molecule has 0 aliphatic carbocycles. The van der Waals surface area contributed by atoms with Gasteiger partial charge in [0.05, 0.1) is 5.69 Å². The van der Waals surface area contributed by atoms with E-state index in [1.54, 1.807) is 0 Å². The second kappa shape index (κ2) is 7.01. The van der Waals surface area contributed by atoms with Crippen LogP contribution in [0.25, 0.3) is 0 Å². The monoisotopic (exact) mass is 270 g/mol. The topological polar surface area (TPSA) is 41.0 Å². The fourth-order valence-corrected chi connectivity index (χ4v) is 1.96. The molecule has 0 aliphatic heterocycles. The number of aromatic nitrogens is 2. The van der Waals surface area contributed by atoms with Crippen molar-refractivity contribution >= 4 is 5.69 Å². The second-order valence-corrected chi connectivity index (χ2v) is 5.25. The van der Waals surface area contributed by atoms with Crippen LogP contribution in [0.1, 0.15) is 25.1 Å². The Morgan fingerprint density at radius 3 is 2.60 bits per heavy atom. The van der Waals surface area contributed by atoms with Crippen LogP contribution in [0.2, 0.25) is 0 Å². The molecule has 0 saturated heterocycles. The number of nitrogens with one attached hydrogen (secondary N) is 1. The average molecular weight is 270 g/mol. The van der Waals surface area contributed by atoms with E-state index < -0.39 is 0 Å². The average Bonchev–Trinajstić information content (AvgIpc) is 2.46. The van der Waals surface area contributed by atoms with Gasteiger partial charge in [0.2, 0.25) is 0 Å². The zero-order valence-corrected chi connectivity index (χ0v) is 12.4.